The van der Waals surface area contributed by atoms with Gasteiger partial charge in [-0.05, 0) is 55.6 Å². The van der Waals surface area contributed by atoms with Crippen molar-refractivity contribution in [3.05, 3.63) is 71.8 Å². The van der Waals surface area contributed by atoms with Crippen LogP contribution in [0.3, 0.4) is 0 Å². The van der Waals surface area contributed by atoms with Crippen LogP contribution < -0.4 is 5.32 Å². The van der Waals surface area contributed by atoms with Crippen LogP contribution in [0.4, 0.5) is 0 Å². The van der Waals surface area contributed by atoms with Gasteiger partial charge in [0, 0.05) is 24.8 Å². The van der Waals surface area contributed by atoms with Crippen LogP contribution in [-0.2, 0) is 20.7 Å². The van der Waals surface area contributed by atoms with Crippen molar-refractivity contribution in [2.75, 3.05) is 0 Å². The van der Waals surface area contributed by atoms with Crippen LogP contribution >= 0.6 is 0 Å². The van der Waals surface area contributed by atoms with Crippen LogP contribution in [0, 0.1) is 35.0 Å². The van der Waals surface area contributed by atoms with E-state index in [1.54, 1.807) is 0 Å². The molecule has 1 heterocycles. The summed E-state index contributed by atoms with van der Waals surface area (Å²) in [5, 5.41) is 3.38. The molecule has 0 radical (unpaired) electrons. The molecular weight excluding hydrogens is 422 g/mol. The lowest BCUT2D eigenvalue weighted by Gasteiger charge is -2.48. The first-order chi connectivity index (χ1) is 16.2. The lowest BCUT2D eigenvalue weighted by Crippen LogP contribution is -2.55. The van der Waals surface area contributed by atoms with Crippen LogP contribution in [0.2, 0.25) is 0 Å². The normalized spacial score (nSPS) is 39.5. The standard InChI is InChI=1S/C30H39NO3/c1-19-10-9-13-25-17-21(3)22(4)28-26(18-24-11-7-6-8-12-24)31-29(33)30(25,28)27(34-23(5)32)15-14-20(2)16-19/h6-9,11-15,17,19-20,22,25-28H,10,16,18H2,1-5H3,(H,31,33)/b13-9+,15-14+/t19-,20+,22+,25-,26-,27+,28-,30+/m0/s1. The summed E-state index contributed by atoms with van der Waals surface area (Å²) >= 11 is 0. The highest BCUT2D eigenvalue weighted by Gasteiger charge is 2.65. The summed E-state index contributed by atoms with van der Waals surface area (Å²) in [6.07, 6.45) is 13.1. The summed E-state index contributed by atoms with van der Waals surface area (Å²) in [5.74, 6) is 0.593. The van der Waals surface area contributed by atoms with Crippen molar-refractivity contribution in [1.29, 1.82) is 0 Å². The lowest BCUT2D eigenvalue weighted by molar-refractivity contribution is -0.159. The molecule has 1 aromatic carbocycles. The van der Waals surface area contributed by atoms with Gasteiger partial charge in [0.25, 0.3) is 0 Å². The third-order valence-corrected chi connectivity index (χ3v) is 8.28. The molecule has 4 rings (SSSR count). The number of hydrogen-bond acceptors (Lipinski definition) is 3. The third-order valence-electron chi connectivity index (χ3n) is 8.28. The minimum Gasteiger partial charge on any atom is -0.457 e. The quantitative estimate of drug-likeness (QED) is 0.467. The van der Waals surface area contributed by atoms with Gasteiger partial charge in [0.15, 0.2) is 0 Å². The lowest BCUT2D eigenvalue weighted by atomic mass is 9.54. The van der Waals surface area contributed by atoms with Crippen molar-refractivity contribution < 1.29 is 14.3 Å². The zero-order valence-corrected chi connectivity index (χ0v) is 21.2. The Bertz CT molecular complexity index is 994. The van der Waals surface area contributed by atoms with E-state index < -0.39 is 11.5 Å². The number of amides is 1. The first-order valence-electron chi connectivity index (χ1n) is 12.8. The molecule has 3 aliphatic rings. The van der Waals surface area contributed by atoms with Gasteiger partial charge in [-0.25, -0.2) is 0 Å². The highest BCUT2D eigenvalue weighted by atomic mass is 16.5. The Morgan fingerprint density at radius 2 is 1.85 bits per heavy atom. The second kappa shape index (κ2) is 9.93. The van der Waals surface area contributed by atoms with Crippen molar-refractivity contribution in [3.8, 4) is 0 Å². The molecule has 0 bridgehead atoms. The summed E-state index contributed by atoms with van der Waals surface area (Å²) in [4.78, 5) is 26.4. The second-order valence-corrected chi connectivity index (χ2v) is 10.9. The number of carbonyl (C=O) groups is 2. The average molecular weight is 462 g/mol. The zero-order valence-electron chi connectivity index (χ0n) is 21.2. The average Bonchev–Trinajstić information content (AvgIpc) is 3.06. The fourth-order valence-electron chi connectivity index (χ4n) is 6.66. The predicted octanol–water partition coefficient (Wildman–Crippen LogP) is 5.65. The third kappa shape index (κ3) is 4.52. The molecule has 4 nitrogen and oxygen atoms in total. The molecule has 1 aromatic rings. The van der Waals surface area contributed by atoms with Crippen molar-refractivity contribution in [3.63, 3.8) is 0 Å². The van der Waals surface area contributed by atoms with E-state index in [1.165, 1.54) is 18.1 Å². The maximum atomic E-state index is 14.1. The Hall–Kier alpha value is -2.62. The number of nitrogens with one attached hydrogen (secondary N) is 1. The first kappa shape index (κ1) is 24.5. The van der Waals surface area contributed by atoms with E-state index in [2.05, 4.69) is 69.4 Å². The maximum absolute atomic E-state index is 14.1. The van der Waals surface area contributed by atoms with E-state index in [0.29, 0.717) is 11.8 Å². The highest BCUT2D eigenvalue weighted by Crippen LogP contribution is 2.56. The topological polar surface area (TPSA) is 55.4 Å². The molecule has 0 unspecified atom stereocenters. The van der Waals surface area contributed by atoms with Gasteiger partial charge >= 0.3 is 5.97 Å². The Labute approximate surface area is 204 Å². The minimum absolute atomic E-state index is 0.000436. The highest BCUT2D eigenvalue weighted by molar-refractivity contribution is 5.89. The molecule has 1 N–H and O–H groups in total. The molecule has 182 valence electrons. The Morgan fingerprint density at radius 3 is 2.56 bits per heavy atom. The van der Waals surface area contributed by atoms with Gasteiger partial charge in [0.1, 0.15) is 11.5 Å². The molecule has 1 spiro atoms. The van der Waals surface area contributed by atoms with Crippen LogP contribution in [0.15, 0.2) is 66.3 Å². The first-order valence-corrected chi connectivity index (χ1v) is 12.8. The van der Waals surface area contributed by atoms with E-state index in [4.69, 9.17) is 4.74 Å². The summed E-state index contributed by atoms with van der Waals surface area (Å²) in [7, 11) is 0. The van der Waals surface area contributed by atoms with Crippen LogP contribution in [0.25, 0.3) is 0 Å². The van der Waals surface area contributed by atoms with E-state index in [-0.39, 0.29) is 35.7 Å². The minimum atomic E-state index is -0.871. The van der Waals surface area contributed by atoms with E-state index >= 15 is 0 Å². The van der Waals surface area contributed by atoms with Gasteiger partial charge in [0.05, 0.1) is 0 Å². The predicted molar refractivity (Wildman–Crippen MR) is 136 cm³/mol. The monoisotopic (exact) mass is 461 g/mol. The SMILES string of the molecule is CC(=O)O[C@@H]1/C=C/[C@@H](C)C[C@@H](C)C/C=C/[C@H]2C=C(C)[C@@H](C)[C@H]3[C@H](Cc4ccccc4)NC(=O)[C@]321. The Morgan fingerprint density at radius 1 is 1.12 bits per heavy atom. The van der Waals surface area contributed by atoms with Crippen molar-refractivity contribution in [2.45, 2.75) is 66.0 Å². The van der Waals surface area contributed by atoms with E-state index in [1.807, 2.05) is 24.3 Å². The second-order valence-electron chi connectivity index (χ2n) is 10.9. The molecule has 34 heavy (non-hydrogen) atoms. The van der Waals surface area contributed by atoms with Gasteiger partial charge in [-0.15, -0.1) is 0 Å². The van der Waals surface area contributed by atoms with E-state index in [0.717, 1.165) is 19.3 Å². The summed E-state index contributed by atoms with van der Waals surface area (Å²) in [6, 6.07) is 10.3. The smallest absolute Gasteiger partial charge is 0.303 e. The summed E-state index contributed by atoms with van der Waals surface area (Å²) in [5.41, 5.74) is 1.63. The van der Waals surface area contributed by atoms with Crippen LogP contribution in [-0.4, -0.2) is 24.0 Å². The molecule has 1 aliphatic heterocycles. The van der Waals surface area contributed by atoms with Crippen molar-refractivity contribution >= 4 is 11.9 Å². The molecule has 8 atom stereocenters. The number of benzene rings is 1. The maximum Gasteiger partial charge on any atom is 0.303 e. The van der Waals surface area contributed by atoms with Crippen molar-refractivity contribution in [1.82, 2.24) is 5.32 Å². The molecule has 1 amide bonds. The largest absolute Gasteiger partial charge is 0.457 e. The van der Waals surface area contributed by atoms with Gasteiger partial charge in [-0.1, -0.05) is 81.0 Å². The van der Waals surface area contributed by atoms with Crippen LogP contribution in [0.5, 0.6) is 0 Å². The fourth-order valence-corrected chi connectivity index (χ4v) is 6.66. The summed E-state index contributed by atoms with van der Waals surface area (Å²) < 4.78 is 6.02. The van der Waals surface area contributed by atoms with Gasteiger partial charge in [-0.3, -0.25) is 9.59 Å². The van der Waals surface area contributed by atoms with Gasteiger partial charge in [-0.2, -0.15) is 0 Å². The van der Waals surface area contributed by atoms with Crippen LogP contribution in [0.1, 0.15) is 53.0 Å². The molecule has 4 heteroatoms. The number of hydrogen-bond donors (Lipinski definition) is 1. The number of ether oxygens (including phenoxy) is 1. The molecule has 1 saturated heterocycles. The number of carbonyl (C=O) groups excluding carboxylic acids is 2. The zero-order chi connectivity index (χ0) is 24.5. The fraction of sp³-hybridized carbons (Fsp3) is 0.533. The van der Waals surface area contributed by atoms with E-state index in [9.17, 15) is 9.59 Å². The Balaban J connectivity index is 1.88. The molecule has 2 aliphatic carbocycles. The molecule has 1 fully saturated rings. The number of rotatable bonds is 3. The number of allylic oxidation sites excluding steroid dienone is 5. The molecule has 0 saturated carbocycles. The van der Waals surface area contributed by atoms with Crippen molar-refractivity contribution in [2.24, 2.45) is 35.0 Å². The van der Waals surface area contributed by atoms with Gasteiger partial charge in [0.2, 0.25) is 5.91 Å². The van der Waals surface area contributed by atoms with Gasteiger partial charge < -0.3 is 10.1 Å². The molecule has 0 aromatic heterocycles. The Kier molecular flexibility index (Phi) is 7.16. The summed E-state index contributed by atoms with van der Waals surface area (Å²) in [6.45, 7) is 10.3. The molecular formula is C30H39NO3. The number of esters is 1.